The lowest BCUT2D eigenvalue weighted by molar-refractivity contribution is -0.126. The summed E-state index contributed by atoms with van der Waals surface area (Å²) in [6, 6.07) is 9.40. The minimum Gasteiger partial charge on any atom is -0.497 e. The Kier molecular flexibility index (Phi) is 6.82. The van der Waals surface area contributed by atoms with Crippen molar-refractivity contribution in [3.8, 4) is 11.5 Å². The van der Waals surface area contributed by atoms with Crippen LogP contribution in [0.15, 0.2) is 35.5 Å². The van der Waals surface area contributed by atoms with Crippen LogP contribution in [-0.2, 0) is 9.63 Å². The zero-order valence-electron chi connectivity index (χ0n) is 16.6. The summed E-state index contributed by atoms with van der Waals surface area (Å²) in [5.41, 5.74) is 4.67. The average molecular weight is 370 g/mol. The van der Waals surface area contributed by atoms with Gasteiger partial charge in [0.05, 0.1) is 20.4 Å². The Morgan fingerprint density at radius 3 is 2.33 bits per heavy atom. The highest BCUT2D eigenvalue weighted by atomic mass is 16.6. The van der Waals surface area contributed by atoms with Crippen molar-refractivity contribution in [2.24, 2.45) is 5.16 Å². The highest BCUT2D eigenvalue weighted by Gasteiger charge is 2.16. The first-order valence-electron chi connectivity index (χ1n) is 8.65. The first-order valence-corrected chi connectivity index (χ1v) is 8.65. The topological polar surface area (TPSA) is 69.1 Å². The average Bonchev–Trinajstić information content (AvgIpc) is 2.64. The fourth-order valence-corrected chi connectivity index (χ4v) is 2.77. The zero-order chi connectivity index (χ0) is 20.0. The van der Waals surface area contributed by atoms with Crippen LogP contribution in [0.2, 0.25) is 0 Å². The molecule has 0 aromatic heterocycles. The van der Waals surface area contributed by atoms with Crippen molar-refractivity contribution < 1.29 is 19.1 Å². The largest absolute Gasteiger partial charge is 0.497 e. The number of benzene rings is 2. The molecule has 0 aliphatic heterocycles. The van der Waals surface area contributed by atoms with Crippen molar-refractivity contribution in [3.63, 3.8) is 0 Å². The molecule has 0 spiro atoms. The second-order valence-corrected chi connectivity index (χ2v) is 6.35. The highest BCUT2D eigenvalue weighted by Crippen LogP contribution is 2.23. The molecule has 1 atom stereocenters. The summed E-state index contributed by atoms with van der Waals surface area (Å²) in [5.74, 6) is 1.04. The first kappa shape index (κ1) is 20.3. The van der Waals surface area contributed by atoms with Crippen molar-refractivity contribution in [2.75, 3.05) is 19.5 Å². The van der Waals surface area contributed by atoms with E-state index in [1.807, 2.05) is 32.9 Å². The number of rotatable bonds is 7. The Bertz CT molecular complexity index is 823. The van der Waals surface area contributed by atoms with E-state index in [0.29, 0.717) is 17.1 Å². The van der Waals surface area contributed by atoms with Crippen LogP contribution in [-0.4, -0.2) is 32.4 Å². The van der Waals surface area contributed by atoms with Crippen molar-refractivity contribution in [2.45, 2.75) is 33.8 Å². The van der Waals surface area contributed by atoms with Crippen LogP contribution in [0, 0.1) is 20.8 Å². The molecular weight excluding hydrogens is 344 g/mol. The van der Waals surface area contributed by atoms with Crippen LogP contribution in [0.3, 0.4) is 0 Å². The molecule has 0 saturated carbocycles. The number of oxime groups is 1. The van der Waals surface area contributed by atoms with Gasteiger partial charge in [-0.3, -0.25) is 4.79 Å². The number of carbonyl (C=O) groups excluding carboxylic acids is 1. The van der Waals surface area contributed by atoms with Gasteiger partial charge in [-0.1, -0.05) is 22.9 Å². The van der Waals surface area contributed by atoms with Crippen LogP contribution >= 0.6 is 0 Å². The Morgan fingerprint density at radius 1 is 1.07 bits per heavy atom. The van der Waals surface area contributed by atoms with Gasteiger partial charge in [0.15, 0.2) is 0 Å². The standard InChI is InChI=1S/C21H26N2O4/c1-13-9-14(2)20(15(3)10-13)23-21(24)16(4)27-22-12-17-11-18(25-5)7-8-19(17)26-6/h7-12,16H,1-6H3,(H,23,24)/t16-/m1/s1. The Labute approximate surface area is 160 Å². The number of nitrogens with zero attached hydrogens (tertiary/aromatic N) is 1. The molecule has 0 aliphatic rings. The lowest BCUT2D eigenvalue weighted by Crippen LogP contribution is -2.27. The molecule has 144 valence electrons. The summed E-state index contributed by atoms with van der Waals surface area (Å²) < 4.78 is 10.5. The summed E-state index contributed by atoms with van der Waals surface area (Å²) in [4.78, 5) is 17.7. The fraction of sp³-hybridized carbons (Fsp3) is 0.333. The molecule has 6 nitrogen and oxygen atoms in total. The normalized spacial score (nSPS) is 11.9. The maximum atomic E-state index is 12.4. The van der Waals surface area contributed by atoms with Gasteiger partial charge >= 0.3 is 0 Å². The van der Waals surface area contributed by atoms with Gasteiger partial charge in [-0.05, 0) is 57.0 Å². The van der Waals surface area contributed by atoms with Gasteiger partial charge in [-0.15, -0.1) is 0 Å². The molecular formula is C21H26N2O4. The molecule has 0 radical (unpaired) electrons. The van der Waals surface area contributed by atoms with E-state index in [9.17, 15) is 4.79 Å². The molecule has 1 amide bonds. The zero-order valence-corrected chi connectivity index (χ0v) is 16.6. The van der Waals surface area contributed by atoms with E-state index in [2.05, 4.69) is 10.5 Å². The highest BCUT2D eigenvalue weighted by molar-refractivity contribution is 5.95. The fourth-order valence-electron chi connectivity index (χ4n) is 2.77. The van der Waals surface area contributed by atoms with Crippen molar-refractivity contribution in [1.29, 1.82) is 0 Å². The summed E-state index contributed by atoms with van der Waals surface area (Å²) >= 11 is 0. The lowest BCUT2D eigenvalue weighted by atomic mass is 10.0. The van der Waals surface area contributed by atoms with E-state index in [0.717, 1.165) is 22.4 Å². The summed E-state index contributed by atoms with van der Waals surface area (Å²) in [6.07, 6.45) is 0.742. The third kappa shape index (κ3) is 5.23. The number of amides is 1. The van der Waals surface area contributed by atoms with Gasteiger partial charge in [-0.25, -0.2) is 0 Å². The summed E-state index contributed by atoms with van der Waals surface area (Å²) in [7, 11) is 3.16. The van der Waals surface area contributed by atoms with Crippen LogP contribution < -0.4 is 14.8 Å². The number of hydrogen-bond acceptors (Lipinski definition) is 5. The third-order valence-corrected chi connectivity index (χ3v) is 4.14. The maximum absolute atomic E-state index is 12.4. The van der Waals surface area contributed by atoms with Crippen LogP contribution in [0.25, 0.3) is 0 Å². The Balaban J connectivity index is 2.04. The van der Waals surface area contributed by atoms with E-state index in [-0.39, 0.29) is 5.91 Å². The molecule has 0 unspecified atom stereocenters. The number of hydrogen-bond donors (Lipinski definition) is 1. The minimum atomic E-state index is -0.752. The van der Waals surface area contributed by atoms with Crippen LogP contribution in [0.5, 0.6) is 11.5 Å². The second kappa shape index (κ2) is 9.07. The first-order chi connectivity index (χ1) is 12.8. The van der Waals surface area contributed by atoms with Gasteiger partial charge in [-0.2, -0.15) is 0 Å². The van der Waals surface area contributed by atoms with Gasteiger partial charge in [0.1, 0.15) is 11.5 Å². The molecule has 2 aromatic carbocycles. The Hall–Kier alpha value is -3.02. The van der Waals surface area contributed by atoms with Crippen molar-refractivity contribution >= 4 is 17.8 Å². The number of aryl methyl sites for hydroxylation is 3. The smallest absolute Gasteiger partial charge is 0.268 e. The third-order valence-electron chi connectivity index (χ3n) is 4.14. The molecule has 0 saturated heterocycles. The van der Waals surface area contributed by atoms with Gasteiger partial charge < -0.3 is 19.6 Å². The monoisotopic (exact) mass is 370 g/mol. The van der Waals surface area contributed by atoms with E-state index in [1.165, 1.54) is 6.21 Å². The maximum Gasteiger partial charge on any atom is 0.268 e. The van der Waals surface area contributed by atoms with Gasteiger partial charge in [0.2, 0.25) is 6.10 Å². The Morgan fingerprint density at radius 2 is 1.74 bits per heavy atom. The summed E-state index contributed by atoms with van der Waals surface area (Å²) in [6.45, 7) is 7.61. The number of nitrogens with one attached hydrogen (secondary N) is 1. The number of methoxy groups -OCH3 is 2. The molecule has 0 heterocycles. The lowest BCUT2D eigenvalue weighted by Gasteiger charge is -2.15. The predicted octanol–water partition coefficient (Wildman–Crippen LogP) is 4.01. The minimum absolute atomic E-state index is 0.264. The number of anilines is 1. The molecule has 0 aliphatic carbocycles. The summed E-state index contributed by atoms with van der Waals surface area (Å²) in [5, 5.41) is 6.84. The number of ether oxygens (including phenoxy) is 2. The van der Waals surface area contributed by atoms with E-state index < -0.39 is 6.10 Å². The molecule has 0 fully saturated rings. The van der Waals surface area contributed by atoms with Crippen molar-refractivity contribution in [1.82, 2.24) is 0 Å². The quantitative estimate of drug-likeness (QED) is 0.591. The van der Waals surface area contributed by atoms with Gasteiger partial charge in [0.25, 0.3) is 5.91 Å². The molecule has 2 rings (SSSR count). The number of carbonyl (C=O) groups is 1. The molecule has 2 aromatic rings. The van der Waals surface area contributed by atoms with E-state index >= 15 is 0 Å². The molecule has 6 heteroatoms. The second-order valence-electron chi connectivity index (χ2n) is 6.35. The van der Waals surface area contributed by atoms with E-state index in [4.69, 9.17) is 14.3 Å². The molecule has 1 N–H and O–H groups in total. The molecule has 0 bridgehead atoms. The molecule has 27 heavy (non-hydrogen) atoms. The van der Waals surface area contributed by atoms with Gasteiger partial charge in [0, 0.05) is 11.3 Å². The van der Waals surface area contributed by atoms with Crippen LogP contribution in [0.4, 0.5) is 5.69 Å². The van der Waals surface area contributed by atoms with E-state index in [1.54, 1.807) is 39.3 Å². The van der Waals surface area contributed by atoms with Crippen LogP contribution in [0.1, 0.15) is 29.2 Å². The van der Waals surface area contributed by atoms with Crippen molar-refractivity contribution in [3.05, 3.63) is 52.6 Å². The predicted molar refractivity (Wildman–Crippen MR) is 107 cm³/mol. The SMILES string of the molecule is COc1ccc(OC)c(C=NO[C@H](C)C(=O)Nc2c(C)cc(C)cc2C)c1.